The van der Waals surface area contributed by atoms with Gasteiger partial charge in [-0.05, 0) is 35.2 Å². The van der Waals surface area contributed by atoms with Crippen molar-refractivity contribution < 1.29 is 14.7 Å². The Morgan fingerprint density at radius 2 is 2.18 bits per heavy atom. The van der Waals surface area contributed by atoms with Gasteiger partial charge in [-0.1, -0.05) is 30.3 Å². The van der Waals surface area contributed by atoms with Crippen molar-refractivity contribution >= 4 is 17.5 Å². The van der Waals surface area contributed by atoms with E-state index in [9.17, 15) is 14.7 Å². The van der Waals surface area contributed by atoms with Crippen LogP contribution in [-0.2, 0) is 22.4 Å². The number of amides is 2. The first-order valence-electron chi connectivity index (χ1n) is 11.6. The van der Waals surface area contributed by atoms with Crippen LogP contribution in [0.5, 0.6) is 0 Å². The molecule has 1 fully saturated rings. The number of anilines is 1. The van der Waals surface area contributed by atoms with Crippen molar-refractivity contribution in [3.05, 3.63) is 71.5 Å². The Balaban J connectivity index is 1.38. The molecule has 1 aromatic heterocycles. The zero-order valence-electron chi connectivity index (χ0n) is 19.2. The van der Waals surface area contributed by atoms with E-state index < -0.39 is 0 Å². The van der Waals surface area contributed by atoms with Gasteiger partial charge < -0.3 is 20.3 Å². The maximum Gasteiger partial charge on any atom is 0.228 e. The second kappa shape index (κ2) is 9.40. The molecule has 34 heavy (non-hydrogen) atoms. The van der Waals surface area contributed by atoms with Gasteiger partial charge in [-0.3, -0.25) is 14.5 Å². The molecule has 2 amide bonds. The van der Waals surface area contributed by atoms with E-state index in [0.717, 1.165) is 46.7 Å². The first-order valence-corrected chi connectivity index (χ1v) is 11.6. The fourth-order valence-corrected chi connectivity index (χ4v) is 4.84. The number of likely N-dealkylation sites (tertiary alicyclic amines) is 1. The summed E-state index contributed by atoms with van der Waals surface area (Å²) in [4.78, 5) is 36.6. The summed E-state index contributed by atoms with van der Waals surface area (Å²) >= 11 is 0. The van der Waals surface area contributed by atoms with Crippen molar-refractivity contribution in [3.63, 3.8) is 0 Å². The topological polar surface area (TPSA) is 102 Å². The van der Waals surface area contributed by atoms with Crippen LogP contribution in [0.4, 0.5) is 5.69 Å². The van der Waals surface area contributed by atoms with Gasteiger partial charge in [0.15, 0.2) is 0 Å². The zero-order chi connectivity index (χ0) is 23.7. The number of β-amino-alcohol motifs (C(OH)–C–C–N with tert-alkyl or cyclic N) is 1. The van der Waals surface area contributed by atoms with E-state index in [1.165, 1.54) is 0 Å². The van der Waals surface area contributed by atoms with Gasteiger partial charge in [0, 0.05) is 50.3 Å². The maximum absolute atomic E-state index is 13.4. The highest BCUT2D eigenvalue weighted by molar-refractivity contribution is 5.99. The van der Waals surface area contributed by atoms with Gasteiger partial charge >= 0.3 is 0 Å². The molecule has 8 nitrogen and oxygen atoms in total. The molecule has 176 valence electrons. The predicted molar refractivity (Wildman–Crippen MR) is 129 cm³/mol. The first-order chi connectivity index (χ1) is 16.5. The number of hydrogen-bond acceptors (Lipinski definition) is 5. The van der Waals surface area contributed by atoms with E-state index in [-0.39, 0.29) is 30.4 Å². The highest BCUT2D eigenvalue weighted by atomic mass is 16.3. The number of rotatable bonds is 7. The Morgan fingerprint density at radius 1 is 1.29 bits per heavy atom. The highest BCUT2D eigenvalue weighted by Crippen LogP contribution is 2.28. The Hall–Kier alpha value is -3.49. The number of likely N-dealkylation sites (N-methyl/N-ethyl adjacent to an activating group) is 1. The van der Waals surface area contributed by atoms with Crippen LogP contribution >= 0.6 is 0 Å². The average molecular weight is 460 g/mol. The molecule has 2 aliphatic rings. The van der Waals surface area contributed by atoms with E-state index in [4.69, 9.17) is 0 Å². The van der Waals surface area contributed by atoms with Crippen LogP contribution in [0.2, 0.25) is 0 Å². The minimum Gasteiger partial charge on any atom is -0.392 e. The molecule has 3 heterocycles. The summed E-state index contributed by atoms with van der Waals surface area (Å²) in [5.41, 5.74) is 4.62. The molecule has 0 aliphatic carbocycles. The number of aliphatic hydroxyl groups is 1. The van der Waals surface area contributed by atoms with E-state index in [0.29, 0.717) is 19.5 Å². The molecule has 0 saturated carbocycles. The molecule has 8 heteroatoms. The van der Waals surface area contributed by atoms with Gasteiger partial charge in [-0.2, -0.15) is 0 Å². The van der Waals surface area contributed by atoms with E-state index in [1.54, 1.807) is 17.3 Å². The summed E-state index contributed by atoms with van der Waals surface area (Å²) in [6, 6.07) is 13.7. The largest absolute Gasteiger partial charge is 0.392 e. The number of imidazole rings is 1. The molecule has 1 saturated heterocycles. The Morgan fingerprint density at radius 3 is 2.94 bits per heavy atom. The lowest BCUT2D eigenvalue weighted by Crippen LogP contribution is -2.39. The number of carbonyl (C=O) groups is 2. The third kappa shape index (κ3) is 4.73. The molecule has 5 rings (SSSR count). The molecule has 1 unspecified atom stereocenters. The molecular formula is C26H29N5O3. The van der Waals surface area contributed by atoms with Crippen molar-refractivity contribution in [2.24, 2.45) is 0 Å². The fourth-order valence-electron chi connectivity index (χ4n) is 4.84. The SMILES string of the molecule is CN(C(=O)Cc1ccc2c(c1)NC(=O)C2)[C@H](CN1CCC(O)C1)c1cccc(-c2ncc[nH]2)c1. The van der Waals surface area contributed by atoms with Crippen LogP contribution in [0.25, 0.3) is 11.4 Å². The van der Waals surface area contributed by atoms with E-state index >= 15 is 0 Å². The lowest BCUT2D eigenvalue weighted by molar-refractivity contribution is -0.131. The number of hydrogen-bond donors (Lipinski definition) is 3. The highest BCUT2D eigenvalue weighted by Gasteiger charge is 2.29. The normalized spacial score (nSPS) is 18.5. The Kier molecular flexibility index (Phi) is 6.17. The Labute approximate surface area is 198 Å². The van der Waals surface area contributed by atoms with Crippen LogP contribution in [0.15, 0.2) is 54.9 Å². The van der Waals surface area contributed by atoms with Crippen LogP contribution in [0.3, 0.4) is 0 Å². The smallest absolute Gasteiger partial charge is 0.228 e. The number of aliphatic hydroxyl groups excluding tert-OH is 1. The molecule has 2 aromatic carbocycles. The lowest BCUT2D eigenvalue weighted by Gasteiger charge is -2.32. The zero-order valence-corrected chi connectivity index (χ0v) is 19.2. The quantitative estimate of drug-likeness (QED) is 0.504. The van der Waals surface area contributed by atoms with Gasteiger partial charge in [0.2, 0.25) is 11.8 Å². The number of nitrogens with one attached hydrogen (secondary N) is 2. The summed E-state index contributed by atoms with van der Waals surface area (Å²) < 4.78 is 0. The number of carbonyl (C=O) groups excluding carboxylic acids is 2. The monoisotopic (exact) mass is 459 g/mol. The first kappa shape index (κ1) is 22.3. The standard InChI is InChI=1S/C26H29N5O3/c1-30(25(34)12-17-5-6-18-14-24(33)29-22(18)11-17)23(16-31-10-7-21(32)15-31)19-3-2-4-20(13-19)26-27-8-9-28-26/h2-6,8-9,11,13,21,23,32H,7,10,12,14-16H2,1H3,(H,27,28)(H,29,33)/t21?,23-/m1/s1. The summed E-state index contributed by atoms with van der Waals surface area (Å²) in [5, 5.41) is 12.9. The second-order valence-corrected chi connectivity index (χ2v) is 9.18. The van der Waals surface area contributed by atoms with Gasteiger partial charge in [-0.15, -0.1) is 0 Å². The number of nitrogens with zero attached hydrogens (tertiary/aromatic N) is 3. The van der Waals surface area contributed by atoms with E-state index in [2.05, 4.69) is 26.3 Å². The second-order valence-electron chi connectivity index (χ2n) is 9.18. The molecule has 0 bridgehead atoms. The Bertz CT molecular complexity index is 1190. The summed E-state index contributed by atoms with van der Waals surface area (Å²) in [7, 11) is 1.84. The maximum atomic E-state index is 13.4. The van der Waals surface area contributed by atoms with Crippen molar-refractivity contribution in [1.29, 1.82) is 0 Å². The van der Waals surface area contributed by atoms with Gasteiger partial charge in [0.05, 0.1) is 25.0 Å². The van der Waals surface area contributed by atoms with Crippen molar-refractivity contribution in [2.45, 2.75) is 31.4 Å². The van der Waals surface area contributed by atoms with Gasteiger partial charge in [-0.25, -0.2) is 4.98 Å². The number of aromatic amines is 1. The fraction of sp³-hybridized carbons (Fsp3) is 0.346. The molecule has 2 aliphatic heterocycles. The average Bonchev–Trinajstić information content (AvgIpc) is 3.57. The number of aromatic nitrogens is 2. The summed E-state index contributed by atoms with van der Waals surface area (Å²) in [5.74, 6) is 0.767. The molecule has 2 atom stereocenters. The minimum absolute atomic E-state index is 0.00239. The molecular weight excluding hydrogens is 430 g/mol. The molecule has 3 aromatic rings. The predicted octanol–water partition coefficient (Wildman–Crippen LogP) is 2.38. The van der Waals surface area contributed by atoms with E-state index in [1.807, 2.05) is 43.4 Å². The van der Waals surface area contributed by atoms with Crippen molar-refractivity contribution in [3.8, 4) is 11.4 Å². The lowest BCUT2D eigenvalue weighted by atomic mass is 10.0. The van der Waals surface area contributed by atoms with Crippen LogP contribution in [0.1, 0.15) is 29.2 Å². The molecule has 3 N–H and O–H groups in total. The number of H-pyrrole nitrogens is 1. The molecule has 0 radical (unpaired) electrons. The van der Waals surface area contributed by atoms with Gasteiger partial charge in [0.1, 0.15) is 5.82 Å². The summed E-state index contributed by atoms with van der Waals surface area (Å²) in [6.45, 7) is 2.06. The number of benzene rings is 2. The third-order valence-corrected chi connectivity index (χ3v) is 6.74. The molecule has 0 spiro atoms. The van der Waals surface area contributed by atoms with Crippen molar-refractivity contribution in [2.75, 3.05) is 32.0 Å². The van der Waals surface area contributed by atoms with Crippen molar-refractivity contribution in [1.82, 2.24) is 19.8 Å². The number of fused-ring (bicyclic) bond motifs is 1. The van der Waals surface area contributed by atoms with Crippen LogP contribution < -0.4 is 5.32 Å². The third-order valence-electron chi connectivity index (χ3n) is 6.74. The van der Waals surface area contributed by atoms with Crippen LogP contribution in [0, 0.1) is 0 Å². The van der Waals surface area contributed by atoms with Crippen LogP contribution in [-0.4, -0.2) is 69.5 Å². The van der Waals surface area contributed by atoms with Gasteiger partial charge in [0.25, 0.3) is 0 Å². The minimum atomic E-state index is -0.322. The summed E-state index contributed by atoms with van der Waals surface area (Å²) in [6.07, 6.45) is 4.57.